The first-order valence-electron chi connectivity index (χ1n) is 4.32. The van der Waals surface area contributed by atoms with Crippen molar-refractivity contribution < 1.29 is 13.5 Å². The maximum absolute atomic E-state index is 13.0. The lowest BCUT2D eigenvalue weighted by Crippen LogP contribution is -2.39. The number of halogens is 2. The van der Waals surface area contributed by atoms with Gasteiger partial charge in [-0.3, -0.25) is 0 Å². The van der Waals surface area contributed by atoms with Crippen LogP contribution in [-0.4, -0.2) is 25.7 Å². The van der Waals surface area contributed by atoms with Gasteiger partial charge in [0.1, 0.15) is 6.61 Å². The van der Waals surface area contributed by atoms with E-state index in [-0.39, 0.29) is 0 Å². The highest BCUT2D eigenvalue weighted by Crippen LogP contribution is 2.34. The third-order valence-electron chi connectivity index (χ3n) is 2.26. The normalized spacial score (nSPS) is 28.8. The minimum atomic E-state index is -2.63. The summed E-state index contributed by atoms with van der Waals surface area (Å²) in [6, 6.07) is 0. The molecule has 0 aliphatic carbocycles. The highest BCUT2D eigenvalue weighted by Gasteiger charge is 2.41. The molecule has 1 aliphatic rings. The first-order chi connectivity index (χ1) is 5.67. The molecule has 0 aromatic heterocycles. The van der Waals surface area contributed by atoms with Gasteiger partial charge in [-0.2, -0.15) is 0 Å². The summed E-state index contributed by atoms with van der Waals surface area (Å²) in [6.07, 6.45) is 1.67. The number of nitrogens with two attached hydrogens (primary N) is 1. The van der Waals surface area contributed by atoms with Gasteiger partial charge in [0.15, 0.2) is 0 Å². The van der Waals surface area contributed by atoms with Gasteiger partial charge in [0.2, 0.25) is 0 Å². The lowest BCUT2D eigenvalue weighted by Gasteiger charge is -2.31. The molecule has 0 aromatic rings. The maximum atomic E-state index is 13.0. The van der Waals surface area contributed by atoms with E-state index >= 15 is 0 Å². The van der Waals surface area contributed by atoms with Crippen LogP contribution in [0.25, 0.3) is 0 Å². The van der Waals surface area contributed by atoms with E-state index in [2.05, 4.69) is 0 Å². The highest BCUT2D eigenvalue weighted by molar-refractivity contribution is 4.80. The van der Waals surface area contributed by atoms with Crippen LogP contribution in [0, 0.1) is 5.92 Å². The number of hydrogen-bond acceptors (Lipinski definition) is 2. The van der Waals surface area contributed by atoms with E-state index in [1.54, 1.807) is 0 Å². The van der Waals surface area contributed by atoms with Gasteiger partial charge in [-0.15, -0.1) is 0 Å². The summed E-state index contributed by atoms with van der Waals surface area (Å²) in [4.78, 5) is 0. The molecule has 0 radical (unpaired) electrons. The van der Waals surface area contributed by atoms with Crippen molar-refractivity contribution >= 4 is 0 Å². The van der Waals surface area contributed by atoms with Crippen LogP contribution < -0.4 is 5.73 Å². The Hall–Kier alpha value is -0.220. The highest BCUT2D eigenvalue weighted by atomic mass is 19.3. The fourth-order valence-corrected chi connectivity index (χ4v) is 1.48. The Morgan fingerprint density at radius 1 is 1.50 bits per heavy atom. The molecule has 1 atom stereocenters. The maximum Gasteiger partial charge on any atom is 0.273 e. The average molecular weight is 179 g/mol. The van der Waals surface area contributed by atoms with Crippen LogP contribution in [0.3, 0.4) is 0 Å². The predicted octanol–water partition coefficient (Wildman–Crippen LogP) is 1.40. The summed E-state index contributed by atoms with van der Waals surface area (Å²) in [5.41, 5.74) is 5.26. The van der Waals surface area contributed by atoms with Crippen LogP contribution in [0.15, 0.2) is 0 Å². The molecule has 0 saturated carbocycles. The standard InChI is InChI=1S/C8H15F2NO/c9-8(10)6-12-5-3-7(8)2-1-4-11/h7H,1-6,11H2. The van der Waals surface area contributed by atoms with E-state index in [9.17, 15) is 8.78 Å². The number of alkyl halides is 2. The molecular weight excluding hydrogens is 164 g/mol. The van der Waals surface area contributed by atoms with Gasteiger partial charge >= 0.3 is 0 Å². The fraction of sp³-hybridized carbons (Fsp3) is 1.00. The van der Waals surface area contributed by atoms with E-state index < -0.39 is 18.4 Å². The van der Waals surface area contributed by atoms with Crippen molar-refractivity contribution in [3.63, 3.8) is 0 Å². The summed E-state index contributed by atoms with van der Waals surface area (Å²) >= 11 is 0. The Labute approximate surface area is 71.1 Å². The van der Waals surface area contributed by atoms with Crippen molar-refractivity contribution in [3.05, 3.63) is 0 Å². The molecule has 0 aromatic carbocycles. The third-order valence-corrected chi connectivity index (χ3v) is 2.26. The van der Waals surface area contributed by atoms with Crippen molar-refractivity contribution in [2.24, 2.45) is 11.7 Å². The van der Waals surface area contributed by atoms with Gasteiger partial charge in [-0.05, 0) is 25.8 Å². The minimum Gasteiger partial charge on any atom is -0.375 e. The van der Waals surface area contributed by atoms with Crippen molar-refractivity contribution in [1.29, 1.82) is 0 Å². The monoisotopic (exact) mass is 179 g/mol. The van der Waals surface area contributed by atoms with Crippen LogP contribution in [0.2, 0.25) is 0 Å². The lowest BCUT2D eigenvalue weighted by molar-refractivity contribution is -0.156. The summed E-state index contributed by atoms with van der Waals surface area (Å²) in [5, 5.41) is 0. The van der Waals surface area contributed by atoms with Gasteiger partial charge in [0.05, 0.1) is 0 Å². The quantitative estimate of drug-likeness (QED) is 0.710. The van der Waals surface area contributed by atoms with Gasteiger partial charge in [-0.25, -0.2) is 8.78 Å². The Morgan fingerprint density at radius 3 is 2.83 bits per heavy atom. The van der Waals surface area contributed by atoms with Crippen molar-refractivity contribution in [1.82, 2.24) is 0 Å². The van der Waals surface area contributed by atoms with Crippen LogP contribution in [0.5, 0.6) is 0 Å². The van der Waals surface area contributed by atoms with E-state index in [0.29, 0.717) is 32.4 Å². The SMILES string of the molecule is NCCCC1CCOCC1(F)F. The van der Waals surface area contributed by atoms with E-state index in [4.69, 9.17) is 10.5 Å². The first kappa shape index (κ1) is 9.86. The zero-order chi connectivity index (χ0) is 9.03. The van der Waals surface area contributed by atoms with Crippen LogP contribution in [0.1, 0.15) is 19.3 Å². The van der Waals surface area contributed by atoms with Gasteiger partial charge in [-0.1, -0.05) is 0 Å². The molecule has 72 valence electrons. The summed E-state index contributed by atoms with van der Waals surface area (Å²) in [7, 11) is 0. The predicted molar refractivity (Wildman–Crippen MR) is 42.2 cm³/mol. The van der Waals surface area contributed by atoms with E-state index in [1.165, 1.54) is 0 Å². The van der Waals surface area contributed by atoms with Gasteiger partial charge in [0, 0.05) is 12.5 Å². The molecule has 1 heterocycles. The second kappa shape index (κ2) is 4.14. The molecule has 1 unspecified atom stereocenters. The summed E-state index contributed by atoms with van der Waals surface area (Å²) < 4.78 is 30.8. The topological polar surface area (TPSA) is 35.2 Å². The fourth-order valence-electron chi connectivity index (χ4n) is 1.48. The third kappa shape index (κ3) is 2.38. The zero-order valence-corrected chi connectivity index (χ0v) is 7.06. The smallest absolute Gasteiger partial charge is 0.273 e. The van der Waals surface area contributed by atoms with Crippen molar-refractivity contribution in [2.75, 3.05) is 19.8 Å². The summed E-state index contributed by atoms with van der Waals surface area (Å²) in [5.74, 6) is -3.15. The van der Waals surface area contributed by atoms with Gasteiger partial charge in [0.25, 0.3) is 5.92 Å². The molecule has 12 heavy (non-hydrogen) atoms. The number of hydrogen-bond donors (Lipinski definition) is 1. The molecule has 1 aliphatic heterocycles. The van der Waals surface area contributed by atoms with E-state index in [1.807, 2.05) is 0 Å². The zero-order valence-electron chi connectivity index (χ0n) is 7.06. The molecule has 1 fully saturated rings. The van der Waals surface area contributed by atoms with E-state index in [0.717, 1.165) is 0 Å². The Balaban J connectivity index is 2.37. The van der Waals surface area contributed by atoms with Crippen LogP contribution in [0.4, 0.5) is 8.78 Å². The molecule has 4 heteroatoms. The molecular formula is C8H15F2NO. The number of ether oxygens (including phenoxy) is 1. The molecule has 1 rings (SSSR count). The largest absolute Gasteiger partial charge is 0.375 e. The Morgan fingerprint density at radius 2 is 2.25 bits per heavy atom. The second-order valence-electron chi connectivity index (χ2n) is 3.23. The molecule has 2 N–H and O–H groups in total. The van der Waals surface area contributed by atoms with Gasteiger partial charge < -0.3 is 10.5 Å². The molecule has 0 spiro atoms. The Kier molecular flexibility index (Phi) is 3.40. The second-order valence-corrected chi connectivity index (χ2v) is 3.23. The molecule has 1 saturated heterocycles. The molecule has 0 amide bonds. The van der Waals surface area contributed by atoms with Crippen molar-refractivity contribution in [2.45, 2.75) is 25.2 Å². The first-order valence-corrected chi connectivity index (χ1v) is 4.32. The average Bonchev–Trinajstić information content (AvgIpc) is 2.02. The summed E-state index contributed by atoms with van der Waals surface area (Å²) in [6.45, 7) is 0.542. The lowest BCUT2D eigenvalue weighted by atomic mass is 9.91. The Bertz CT molecular complexity index is 141. The van der Waals surface area contributed by atoms with Crippen molar-refractivity contribution in [3.8, 4) is 0 Å². The van der Waals surface area contributed by atoms with Crippen LogP contribution >= 0.6 is 0 Å². The molecule has 0 bridgehead atoms. The van der Waals surface area contributed by atoms with Crippen LogP contribution in [-0.2, 0) is 4.74 Å². The number of rotatable bonds is 3. The molecule has 2 nitrogen and oxygen atoms in total. The minimum absolute atomic E-state index is 0.414.